The highest BCUT2D eigenvalue weighted by atomic mass is 35.5. The van der Waals surface area contributed by atoms with Gasteiger partial charge in [0.05, 0.1) is 18.1 Å². The van der Waals surface area contributed by atoms with Crippen LogP contribution < -0.4 is 5.32 Å². The molecule has 0 aliphatic carbocycles. The summed E-state index contributed by atoms with van der Waals surface area (Å²) in [4.78, 5) is 13.9. The Morgan fingerprint density at radius 3 is 2.62 bits per heavy atom. The molecule has 1 heterocycles. The number of hydrogen-bond donors (Lipinski definition) is 1. The molecular formula is C14H14ClN3O3. The zero-order chi connectivity index (χ0) is 15.1. The maximum atomic E-state index is 10.5. The van der Waals surface area contributed by atoms with Gasteiger partial charge in [-0.2, -0.15) is 0 Å². The van der Waals surface area contributed by atoms with Gasteiger partial charge in [-0.15, -0.1) is 0 Å². The van der Waals surface area contributed by atoms with Crippen molar-refractivity contribution in [3.05, 3.63) is 63.3 Å². The minimum Gasteiger partial charge on any atom is -0.375 e. The van der Waals surface area contributed by atoms with Crippen molar-refractivity contribution in [3.8, 4) is 0 Å². The number of rotatable bonds is 7. The average molecular weight is 308 g/mol. The fourth-order valence-electron chi connectivity index (χ4n) is 1.62. The molecule has 0 unspecified atom stereocenters. The van der Waals surface area contributed by atoms with Crippen LogP contribution in [-0.4, -0.2) is 23.1 Å². The molecule has 0 saturated heterocycles. The molecule has 1 N–H and O–H groups in total. The van der Waals surface area contributed by atoms with Gasteiger partial charge in [0.1, 0.15) is 12.0 Å². The molecule has 0 saturated carbocycles. The Balaban J connectivity index is 1.67. The summed E-state index contributed by atoms with van der Waals surface area (Å²) >= 11 is 5.79. The van der Waals surface area contributed by atoms with Crippen LogP contribution >= 0.6 is 11.6 Å². The second-order valence-electron chi connectivity index (χ2n) is 4.26. The molecule has 1 aromatic carbocycles. The minimum absolute atomic E-state index is 0.0282. The lowest BCUT2D eigenvalue weighted by atomic mass is 10.2. The van der Waals surface area contributed by atoms with E-state index in [-0.39, 0.29) is 5.69 Å². The maximum absolute atomic E-state index is 10.5. The van der Waals surface area contributed by atoms with Crippen LogP contribution in [0, 0.1) is 10.1 Å². The third-order valence-corrected chi connectivity index (χ3v) is 2.95. The van der Waals surface area contributed by atoms with Crippen molar-refractivity contribution >= 4 is 23.1 Å². The molecule has 1 aromatic heterocycles. The lowest BCUT2D eigenvalue weighted by Gasteiger charge is -2.06. The van der Waals surface area contributed by atoms with E-state index in [2.05, 4.69) is 10.3 Å². The SMILES string of the molecule is O=[N+]([O-])c1ccc(NCCOCc2ccc(Cl)cc2)nc1. The van der Waals surface area contributed by atoms with Crippen LogP contribution in [0.2, 0.25) is 5.02 Å². The first-order chi connectivity index (χ1) is 10.1. The summed E-state index contributed by atoms with van der Waals surface area (Å²) in [6.07, 6.45) is 1.22. The topological polar surface area (TPSA) is 77.3 Å². The highest BCUT2D eigenvalue weighted by Crippen LogP contribution is 2.12. The van der Waals surface area contributed by atoms with E-state index in [4.69, 9.17) is 16.3 Å². The lowest BCUT2D eigenvalue weighted by Crippen LogP contribution is -2.10. The number of benzene rings is 1. The van der Waals surface area contributed by atoms with Crippen molar-refractivity contribution in [3.63, 3.8) is 0 Å². The second kappa shape index (κ2) is 7.56. The Morgan fingerprint density at radius 1 is 1.24 bits per heavy atom. The van der Waals surface area contributed by atoms with E-state index in [0.29, 0.717) is 30.6 Å². The van der Waals surface area contributed by atoms with E-state index in [1.807, 2.05) is 24.3 Å². The van der Waals surface area contributed by atoms with Crippen LogP contribution in [0.1, 0.15) is 5.56 Å². The summed E-state index contributed by atoms with van der Waals surface area (Å²) in [6, 6.07) is 10.4. The summed E-state index contributed by atoms with van der Waals surface area (Å²) in [7, 11) is 0. The first kappa shape index (κ1) is 15.2. The highest BCUT2D eigenvalue weighted by molar-refractivity contribution is 6.30. The van der Waals surface area contributed by atoms with Gasteiger partial charge >= 0.3 is 0 Å². The van der Waals surface area contributed by atoms with E-state index in [9.17, 15) is 10.1 Å². The van der Waals surface area contributed by atoms with Crippen LogP contribution in [0.3, 0.4) is 0 Å². The van der Waals surface area contributed by atoms with Crippen LogP contribution in [0.15, 0.2) is 42.6 Å². The zero-order valence-electron chi connectivity index (χ0n) is 11.2. The summed E-state index contributed by atoms with van der Waals surface area (Å²) in [5, 5.41) is 14.2. The van der Waals surface area contributed by atoms with Crippen LogP contribution in [-0.2, 0) is 11.3 Å². The normalized spacial score (nSPS) is 10.3. The van der Waals surface area contributed by atoms with Crippen molar-refractivity contribution in [1.82, 2.24) is 4.98 Å². The number of nitrogens with one attached hydrogen (secondary N) is 1. The van der Waals surface area contributed by atoms with Crippen molar-refractivity contribution in [2.45, 2.75) is 6.61 Å². The number of aromatic nitrogens is 1. The fourth-order valence-corrected chi connectivity index (χ4v) is 1.75. The van der Waals surface area contributed by atoms with Crippen molar-refractivity contribution in [2.75, 3.05) is 18.5 Å². The zero-order valence-corrected chi connectivity index (χ0v) is 11.9. The Labute approximate surface area is 126 Å². The molecule has 21 heavy (non-hydrogen) atoms. The van der Waals surface area contributed by atoms with E-state index in [0.717, 1.165) is 5.56 Å². The second-order valence-corrected chi connectivity index (χ2v) is 4.70. The molecule has 7 heteroatoms. The third kappa shape index (κ3) is 5.02. The molecule has 2 aromatic rings. The monoisotopic (exact) mass is 307 g/mol. The molecule has 0 radical (unpaired) electrons. The first-order valence-electron chi connectivity index (χ1n) is 6.31. The number of anilines is 1. The number of nitrogens with zero attached hydrogens (tertiary/aromatic N) is 2. The van der Waals surface area contributed by atoms with Gasteiger partial charge in [0, 0.05) is 17.6 Å². The summed E-state index contributed by atoms with van der Waals surface area (Å²) in [5.41, 5.74) is 1.02. The van der Waals surface area contributed by atoms with Gasteiger partial charge in [0.15, 0.2) is 0 Å². The average Bonchev–Trinajstić information content (AvgIpc) is 2.49. The smallest absolute Gasteiger partial charge is 0.287 e. The molecule has 0 atom stereocenters. The van der Waals surface area contributed by atoms with Crippen molar-refractivity contribution in [1.29, 1.82) is 0 Å². The number of nitro groups is 1. The minimum atomic E-state index is -0.480. The largest absolute Gasteiger partial charge is 0.375 e. The maximum Gasteiger partial charge on any atom is 0.287 e. The van der Waals surface area contributed by atoms with Gasteiger partial charge < -0.3 is 10.1 Å². The number of pyridine rings is 1. The Kier molecular flexibility index (Phi) is 5.48. The predicted molar refractivity (Wildman–Crippen MR) is 80.5 cm³/mol. The molecule has 0 amide bonds. The highest BCUT2D eigenvalue weighted by Gasteiger charge is 2.04. The summed E-state index contributed by atoms with van der Waals surface area (Å²) in [6.45, 7) is 1.58. The standard InChI is InChI=1S/C14H14ClN3O3/c15-12-3-1-11(2-4-12)10-21-8-7-16-14-6-5-13(9-17-14)18(19)20/h1-6,9H,7-8,10H2,(H,16,17). The number of halogens is 1. The molecule has 0 aliphatic heterocycles. The first-order valence-corrected chi connectivity index (χ1v) is 6.69. The van der Waals surface area contributed by atoms with Gasteiger partial charge in [-0.1, -0.05) is 23.7 Å². The summed E-state index contributed by atoms with van der Waals surface area (Å²) < 4.78 is 5.50. The fraction of sp³-hybridized carbons (Fsp3) is 0.214. The van der Waals surface area contributed by atoms with E-state index in [1.165, 1.54) is 12.3 Å². The van der Waals surface area contributed by atoms with Crippen molar-refractivity contribution in [2.24, 2.45) is 0 Å². The molecule has 110 valence electrons. The summed E-state index contributed by atoms with van der Waals surface area (Å²) in [5.74, 6) is 0.579. The van der Waals surface area contributed by atoms with Crippen LogP contribution in [0.25, 0.3) is 0 Å². The molecule has 2 rings (SSSR count). The third-order valence-electron chi connectivity index (χ3n) is 2.69. The van der Waals surface area contributed by atoms with Gasteiger partial charge in [-0.05, 0) is 23.8 Å². The van der Waals surface area contributed by atoms with Crippen LogP contribution in [0.4, 0.5) is 11.5 Å². The molecule has 0 bridgehead atoms. The number of hydrogen-bond acceptors (Lipinski definition) is 5. The van der Waals surface area contributed by atoms with E-state index >= 15 is 0 Å². The Hall–Kier alpha value is -2.18. The molecule has 6 nitrogen and oxygen atoms in total. The van der Waals surface area contributed by atoms with Gasteiger partial charge in [0.2, 0.25) is 0 Å². The van der Waals surface area contributed by atoms with Crippen molar-refractivity contribution < 1.29 is 9.66 Å². The van der Waals surface area contributed by atoms with Crippen LogP contribution in [0.5, 0.6) is 0 Å². The molecule has 0 aliphatic rings. The van der Waals surface area contributed by atoms with E-state index < -0.39 is 4.92 Å². The number of ether oxygens (including phenoxy) is 1. The van der Waals surface area contributed by atoms with Gasteiger partial charge in [-0.3, -0.25) is 10.1 Å². The quantitative estimate of drug-likeness (QED) is 0.482. The van der Waals surface area contributed by atoms with Gasteiger partial charge in [-0.25, -0.2) is 4.98 Å². The van der Waals surface area contributed by atoms with Gasteiger partial charge in [0.25, 0.3) is 5.69 Å². The Bertz CT molecular complexity index is 587. The molecular weight excluding hydrogens is 294 g/mol. The molecule has 0 spiro atoms. The Morgan fingerprint density at radius 2 is 2.00 bits per heavy atom. The predicted octanol–water partition coefficient (Wildman–Crippen LogP) is 3.27. The van der Waals surface area contributed by atoms with E-state index in [1.54, 1.807) is 6.07 Å². The molecule has 0 fully saturated rings. The lowest BCUT2D eigenvalue weighted by molar-refractivity contribution is -0.385.